The van der Waals surface area contributed by atoms with Crippen LogP contribution in [0.15, 0.2) is 16.9 Å². The molecule has 1 aromatic rings. The van der Waals surface area contributed by atoms with Crippen LogP contribution in [-0.4, -0.2) is 35.6 Å². The molecule has 3 fully saturated rings. The first kappa shape index (κ1) is 11.5. The van der Waals surface area contributed by atoms with Gasteiger partial charge in [-0.05, 0) is 66.3 Å². The predicted molar refractivity (Wildman–Crippen MR) is 73.2 cm³/mol. The topological polar surface area (TPSA) is 28.2 Å². The van der Waals surface area contributed by atoms with Crippen LogP contribution in [0.25, 0.3) is 0 Å². The molecule has 1 N–H and O–H groups in total. The first-order valence-corrected chi connectivity index (χ1v) is 7.13. The Kier molecular flexibility index (Phi) is 3.09. The summed E-state index contributed by atoms with van der Waals surface area (Å²) in [6.45, 7) is 5.86. The third-order valence-electron chi connectivity index (χ3n) is 4.02. The van der Waals surface area contributed by atoms with E-state index in [2.05, 4.69) is 44.1 Å². The fourth-order valence-electron chi connectivity index (χ4n) is 2.98. The van der Waals surface area contributed by atoms with Gasteiger partial charge in [0.15, 0.2) is 0 Å². The highest BCUT2D eigenvalue weighted by atomic mass is 79.9. The Balaban J connectivity index is 1.72. The van der Waals surface area contributed by atoms with E-state index in [-0.39, 0.29) is 0 Å². The number of nitrogens with zero attached hydrogens (tertiary/aromatic N) is 2. The molecule has 3 saturated heterocycles. The Labute approximate surface area is 111 Å². The number of aromatic nitrogens is 1. The van der Waals surface area contributed by atoms with Crippen LogP contribution in [0.4, 0.5) is 5.69 Å². The van der Waals surface area contributed by atoms with E-state index in [9.17, 15) is 0 Å². The van der Waals surface area contributed by atoms with Crippen molar-refractivity contribution >= 4 is 21.6 Å². The van der Waals surface area contributed by atoms with Gasteiger partial charge in [0.25, 0.3) is 0 Å². The lowest BCUT2D eigenvalue weighted by Gasteiger charge is -2.45. The Morgan fingerprint density at radius 3 is 2.76 bits per heavy atom. The lowest BCUT2D eigenvalue weighted by molar-refractivity contribution is 0.0975. The van der Waals surface area contributed by atoms with Crippen molar-refractivity contribution in [2.75, 3.05) is 25.0 Å². The second kappa shape index (κ2) is 4.58. The molecule has 0 aliphatic carbocycles. The largest absolute Gasteiger partial charge is 0.379 e. The minimum Gasteiger partial charge on any atom is -0.379 e. The Bertz CT molecular complexity index is 413. The molecule has 0 saturated carbocycles. The van der Waals surface area contributed by atoms with E-state index in [4.69, 9.17) is 0 Å². The molecule has 0 radical (unpaired) electrons. The highest BCUT2D eigenvalue weighted by Gasteiger charge is 2.33. The number of anilines is 1. The van der Waals surface area contributed by atoms with Gasteiger partial charge in [0.2, 0.25) is 0 Å². The molecule has 3 aliphatic heterocycles. The first-order chi connectivity index (χ1) is 8.22. The van der Waals surface area contributed by atoms with Crippen LogP contribution in [0.1, 0.15) is 18.4 Å². The van der Waals surface area contributed by atoms with Crippen molar-refractivity contribution < 1.29 is 0 Å². The molecule has 3 nitrogen and oxygen atoms in total. The second-order valence-electron chi connectivity index (χ2n) is 5.22. The number of hydrogen-bond acceptors (Lipinski definition) is 3. The molecule has 0 amide bonds. The predicted octanol–water partition coefficient (Wildman–Crippen LogP) is 2.66. The van der Waals surface area contributed by atoms with Gasteiger partial charge in [0.1, 0.15) is 4.60 Å². The van der Waals surface area contributed by atoms with Crippen LogP contribution in [0.5, 0.6) is 0 Å². The lowest BCUT2D eigenvalue weighted by Crippen LogP contribution is -2.53. The van der Waals surface area contributed by atoms with E-state index < -0.39 is 0 Å². The van der Waals surface area contributed by atoms with Crippen molar-refractivity contribution in [3.63, 3.8) is 0 Å². The minimum atomic E-state index is 0.611. The quantitative estimate of drug-likeness (QED) is 0.851. The summed E-state index contributed by atoms with van der Waals surface area (Å²) in [5, 5.41) is 3.66. The van der Waals surface area contributed by atoms with Crippen LogP contribution in [0, 0.1) is 12.8 Å². The summed E-state index contributed by atoms with van der Waals surface area (Å²) in [5.41, 5.74) is 2.35. The molecule has 1 aromatic heterocycles. The zero-order valence-corrected chi connectivity index (χ0v) is 11.7. The maximum Gasteiger partial charge on any atom is 0.109 e. The molecule has 0 spiro atoms. The molecule has 1 unspecified atom stereocenters. The standard InChI is InChI=1S/C13H18BrN3/c1-9-6-11(7-15-13(9)14)16-12-8-17-4-2-10(12)3-5-17/h6-7,10,12,16H,2-5,8H2,1H3. The van der Waals surface area contributed by atoms with Crippen LogP contribution < -0.4 is 5.32 Å². The van der Waals surface area contributed by atoms with Crippen molar-refractivity contribution in [1.29, 1.82) is 0 Å². The average molecular weight is 296 g/mol. The lowest BCUT2D eigenvalue weighted by atomic mass is 9.84. The van der Waals surface area contributed by atoms with Gasteiger partial charge < -0.3 is 10.2 Å². The summed E-state index contributed by atoms with van der Waals surface area (Å²) < 4.78 is 0.942. The third-order valence-corrected chi connectivity index (χ3v) is 4.85. The SMILES string of the molecule is Cc1cc(NC2CN3CCC2CC3)cnc1Br. The summed E-state index contributed by atoms with van der Waals surface area (Å²) >= 11 is 3.44. The molecule has 17 heavy (non-hydrogen) atoms. The van der Waals surface area contributed by atoms with Gasteiger partial charge in [0.05, 0.1) is 11.9 Å². The van der Waals surface area contributed by atoms with Crippen molar-refractivity contribution in [2.24, 2.45) is 5.92 Å². The normalized spacial score (nSPS) is 31.5. The summed E-state index contributed by atoms with van der Waals surface area (Å²) in [4.78, 5) is 6.91. The number of aryl methyl sites for hydroxylation is 1. The van der Waals surface area contributed by atoms with Crippen LogP contribution >= 0.6 is 15.9 Å². The molecule has 0 aromatic carbocycles. The summed E-state index contributed by atoms with van der Waals surface area (Å²) in [6.07, 6.45) is 4.62. The number of rotatable bonds is 2. The van der Waals surface area contributed by atoms with Crippen molar-refractivity contribution in [3.05, 3.63) is 22.4 Å². The highest BCUT2D eigenvalue weighted by Crippen LogP contribution is 2.30. The number of nitrogens with one attached hydrogen (secondary N) is 1. The van der Waals surface area contributed by atoms with Gasteiger partial charge in [-0.25, -0.2) is 4.98 Å². The smallest absolute Gasteiger partial charge is 0.109 e. The summed E-state index contributed by atoms with van der Waals surface area (Å²) in [5.74, 6) is 0.851. The van der Waals surface area contributed by atoms with E-state index in [1.165, 1.54) is 38.0 Å². The number of piperidine rings is 3. The molecule has 4 heteroatoms. The van der Waals surface area contributed by atoms with Crippen molar-refractivity contribution in [2.45, 2.75) is 25.8 Å². The van der Waals surface area contributed by atoms with E-state index in [1.807, 2.05) is 6.20 Å². The van der Waals surface area contributed by atoms with Gasteiger partial charge in [-0.15, -0.1) is 0 Å². The molecule has 3 aliphatic rings. The zero-order valence-electron chi connectivity index (χ0n) is 10.1. The number of fused-ring (bicyclic) bond motifs is 3. The van der Waals surface area contributed by atoms with Gasteiger partial charge >= 0.3 is 0 Å². The van der Waals surface area contributed by atoms with Crippen molar-refractivity contribution in [1.82, 2.24) is 9.88 Å². The maximum atomic E-state index is 4.35. The number of halogens is 1. The second-order valence-corrected chi connectivity index (χ2v) is 5.97. The van der Waals surface area contributed by atoms with E-state index in [0.717, 1.165) is 16.2 Å². The Morgan fingerprint density at radius 1 is 1.41 bits per heavy atom. The van der Waals surface area contributed by atoms with E-state index >= 15 is 0 Å². The zero-order chi connectivity index (χ0) is 11.8. The van der Waals surface area contributed by atoms with E-state index in [0.29, 0.717) is 6.04 Å². The van der Waals surface area contributed by atoms with Gasteiger partial charge in [-0.3, -0.25) is 0 Å². The monoisotopic (exact) mass is 295 g/mol. The van der Waals surface area contributed by atoms with Crippen molar-refractivity contribution in [3.8, 4) is 0 Å². The van der Waals surface area contributed by atoms with Crippen LogP contribution in [0.3, 0.4) is 0 Å². The fraction of sp³-hybridized carbons (Fsp3) is 0.615. The van der Waals surface area contributed by atoms with Crippen LogP contribution in [0.2, 0.25) is 0 Å². The average Bonchev–Trinajstić information content (AvgIpc) is 2.35. The molecule has 4 rings (SSSR count). The third kappa shape index (κ3) is 2.33. The highest BCUT2D eigenvalue weighted by molar-refractivity contribution is 9.10. The summed E-state index contributed by atoms with van der Waals surface area (Å²) in [7, 11) is 0. The van der Waals surface area contributed by atoms with E-state index in [1.54, 1.807) is 0 Å². The molecule has 1 atom stereocenters. The van der Waals surface area contributed by atoms with Crippen LogP contribution in [-0.2, 0) is 0 Å². The number of pyridine rings is 1. The molecular weight excluding hydrogens is 278 g/mol. The minimum absolute atomic E-state index is 0.611. The molecule has 2 bridgehead atoms. The first-order valence-electron chi connectivity index (χ1n) is 6.33. The van der Waals surface area contributed by atoms with Gasteiger partial charge in [-0.2, -0.15) is 0 Å². The molecule has 4 heterocycles. The molecular formula is C13H18BrN3. The summed E-state index contributed by atoms with van der Waals surface area (Å²) in [6, 6.07) is 2.79. The Morgan fingerprint density at radius 2 is 2.18 bits per heavy atom. The van der Waals surface area contributed by atoms with Gasteiger partial charge in [-0.1, -0.05) is 0 Å². The fourth-order valence-corrected chi connectivity index (χ4v) is 3.20. The number of hydrogen-bond donors (Lipinski definition) is 1. The maximum absolute atomic E-state index is 4.35. The van der Waals surface area contributed by atoms with Gasteiger partial charge in [0, 0.05) is 12.6 Å². The Hall–Kier alpha value is -0.610. The molecule has 92 valence electrons.